The highest BCUT2D eigenvalue weighted by atomic mass is 79.9. The van der Waals surface area contributed by atoms with Gasteiger partial charge in [-0.25, -0.2) is 0 Å². The molecule has 2 aromatic rings. The van der Waals surface area contributed by atoms with Crippen molar-refractivity contribution >= 4 is 21.6 Å². The molecule has 1 aliphatic heterocycles. The minimum atomic E-state index is 0.579. The van der Waals surface area contributed by atoms with Gasteiger partial charge in [0.25, 0.3) is 0 Å². The van der Waals surface area contributed by atoms with Crippen LogP contribution in [0.15, 0.2) is 22.8 Å². The summed E-state index contributed by atoms with van der Waals surface area (Å²) >= 11 is 3.48. The molecule has 90 valence electrons. The van der Waals surface area contributed by atoms with Gasteiger partial charge in [0.05, 0.1) is 0 Å². The van der Waals surface area contributed by atoms with Crippen molar-refractivity contribution < 1.29 is 4.74 Å². The van der Waals surface area contributed by atoms with Gasteiger partial charge in [0, 0.05) is 30.3 Å². The summed E-state index contributed by atoms with van der Waals surface area (Å²) in [6.07, 6.45) is 5.35. The average molecular weight is 296 g/mol. The van der Waals surface area contributed by atoms with Crippen LogP contribution in [0.2, 0.25) is 0 Å². The third-order valence-corrected chi connectivity index (χ3v) is 3.63. The van der Waals surface area contributed by atoms with Gasteiger partial charge in [-0.1, -0.05) is 0 Å². The minimum absolute atomic E-state index is 0.579. The maximum Gasteiger partial charge on any atom is 0.160 e. The first kappa shape index (κ1) is 11.2. The number of hydrogen-bond donors (Lipinski definition) is 0. The molecule has 1 aliphatic rings. The average Bonchev–Trinajstić information content (AvgIpc) is 2.73. The molecule has 0 N–H and O–H groups in total. The fraction of sp³-hybridized carbons (Fsp3) is 0.500. The highest BCUT2D eigenvalue weighted by Gasteiger charge is 2.17. The third kappa shape index (κ3) is 2.35. The Balaban J connectivity index is 1.86. The van der Waals surface area contributed by atoms with E-state index in [2.05, 4.69) is 30.5 Å². The molecule has 1 fully saturated rings. The number of nitrogens with zero attached hydrogens (tertiary/aromatic N) is 3. The first-order valence-electron chi connectivity index (χ1n) is 5.90. The standard InChI is InChI=1S/C12H14BrN3O/c13-10-3-4-11-14-15-12(16(11)7-10)6-9-2-1-5-17-8-9/h3-4,7,9H,1-2,5-6,8H2. The monoisotopic (exact) mass is 295 g/mol. The predicted molar refractivity (Wildman–Crippen MR) is 67.9 cm³/mol. The van der Waals surface area contributed by atoms with Gasteiger partial charge in [0.2, 0.25) is 0 Å². The summed E-state index contributed by atoms with van der Waals surface area (Å²) in [5.41, 5.74) is 0.903. The molecular formula is C12H14BrN3O. The van der Waals surface area contributed by atoms with Gasteiger partial charge in [-0.3, -0.25) is 4.40 Å². The predicted octanol–water partition coefficient (Wildman–Crippen LogP) is 2.46. The van der Waals surface area contributed by atoms with Gasteiger partial charge in [-0.15, -0.1) is 10.2 Å². The lowest BCUT2D eigenvalue weighted by atomic mass is 9.98. The minimum Gasteiger partial charge on any atom is -0.381 e. The van der Waals surface area contributed by atoms with E-state index in [9.17, 15) is 0 Å². The molecule has 1 unspecified atom stereocenters. The number of halogens is 1. The van der Waals surface area contributed by atoms with E-state index in [1.165, 1.54) is 6.42 Å². The van der Waals surface area contributed by atoms with Crippen molar-refractivity contribution in [3.63, 3.8) is 0 Å². The second-order valence-electron chi connectivity index (χ2n) is 4.48. The molecule has 4 nitrogen and oxygen atoms in total. The topological polar surface area (TPSA) is 39.4 Å². The normalized spacial score (nSPS) is 20.9. The van der Waals surface area contributed by atoms with Gasteiger partial charge in [0.1, 0.15) is 5.82 Å². The molecule has 17 heavy (non-hydrogen) atoms. The van der Waals surface area contributed by atoms with Crippen LogP contribution in [0.4, 0.5) is 0 Å². The van der Waals surface area contributed by atoms with Crippen LogP contribution in [0, 0.1) is 5.92 Å². The van der Waals surface area contributed by atoms with Crippen LogP contribution in [0.5, 0.6) is 0 Å². The molecule has 0 amide bonds. The summed E-state index contributed by atoms with van der Waals surface area (Å²) in [5, 5.41) is 8.44. The quantitative estimate of drug-likeness (QED) is 0.854. The van der Waals surface area contributed by atoms with Crippen LogP contribution >= 0.6 is 15.9 Å². The largest absolute Gasteiger partial charge is 0.381 e. The van der Waals surface area contributed by atoms with E-state index in [4.69, 9.17) is 4.74 Å². The maximum atomic E-state index is 5.50. The van der Waals surface area contributed by atoms with Gasteiger partial charge >= 0.3 is 0 Å². The van der Waals surface area contributed by atoms with Gasteiger partial charge in [-0.05, 0) is 46.8 Å². The van der Waals surface area contributed by atoms with E-state index in [-0.39, 0.29) is 0 Å². The van der Waals surface area contributed by atoms with Crippen LogP contribution in [0.25, 0.3) is 5.65 Å². The number of fused-ring (bicyclic) bond motifs is 1. The van der Waals surface area contributed by atoms with Crippen LogP contribution < -0.4 is 0 Å². The Kier molecular flexibility index (Phi) is 3.11. The molecule has 1 saturated heterocycles. The Morgan fingerprint density at radius 1 is 1.41 bits per heavy atom. The lowest BCUT2D eigenvalue weighted by Gasteiger charge is -2.21. The fourth-order valence-corrected chi connectivity index (χ4v) is 2.62. The zero-order chi connectivity index (χ0) is 11.7. The SMILES string of the molecule is Brc1ccc2nnc(CC3CCCOC3)n2c1. The highest BCUT2D eigenvalue weighted by Crippen LogP contribution is 2.19. The number of aromatic nitrogens is 3. The van der Waals surface area contributed by atoms with Crippen molar-refractivity contribution in [3.05, 3.63) is 28.6 Å². The first-order valence-corrected chi connectivity index (χ1v) is 6.69. The summed E-state index contributed by atoms with van der Waals surface area (Å²) in [6, 6.07) is 3.95. The second-order valence-corrected chi connectivity index (χ2v) is 5.39. The number of ether oxygens (including phenoxy) is 1. The van der Waals surface area contributed by atoms with Crippen molar-refractivity contribution in [2.75, 3.05) is 13.2 Å². The molecule has 5 heteroatoms. The molecule has 0 spiro atoms. The molecule has 0 saturated carbocycles. The molecular weight excluding hydrogens is 282 g/mol. The lowest BCUT2D eigenvalue weighted by molar-refractivity contribution is 0.0542. The van der Waals surface area contributed by atoms with Crippen LogP contribution in [-0.4, -0.2) is 27.8 Å². The van der Waals surface area contributed by atoms with Gasteiger partial charge in [-0.2, -0.15) is 0 Å². The Bertz CT molecular complexity index is 519. The molecule has 3 rings (SSSR count). The van der Waals surface area contributed by atoms with E-state index in [0.717, 1.165) is 42.0 Å². The van der Waals surface area contributed by atoms with E-state index in [1.54, 1.807) is 0 Å². The smallest absolute Gasteiger partial charge is 0.160 e. The fourth-order valence-electron chi connectivity index (χ4n) is 2.28. The van der Waals surface area contributed by atoms with E-state index in [0.29, 0.717) is 5.92 Å². The molecule has 0 aliphatic carbocycles. The summed E-state index contributed by atoms with van der Waals surface area (Å²) in [7, 11) is 0. The third-order valence-electron chi connectivity index (χ3n) is 3.16. The Morgan fingerprint density at radius 3 is 3.18 bits per heavy atom. The van der Waals surface area contributed by atoms with Crippen molar-refractivity contribution in [1.82, 2.24) is 14.6 Å². The maximum absolute atomic E-state index is 5.50. The van der Waals surface area contributed by atoms with Crippen LogP contribution in [0.1, 0.15) is 18.7 Å². The number of rotatable bonds is 2. The Hall–Kier alpha value is -0.940. The highest BCUT2D eigenvalue weighted by molar-refractivity contribution is 9.10. The van der Waals surface area contributed by atoms with Crippen molar-refractivity contribution in [2.45, 2.75) is 19.3 Å². The Morgan fingerprint density at radius 2 is 2.35 bits per heavy atom. The van der Waals surface area contributed by atoms with Gasteiger partial charge < -0.3 is 4.74 Å². The zero-order valence-corrected chi connectivity index (χ0v) is 11.1. The van der Waals surface area contributed by atoms with E-state index < -0.39 is 0 Å². The van der Waals surface area contributed by atoms with E-state index >= 15 is 0 Å². The molecule has 3 heterocycles. The summed E-state index contributed by atoms with van der Waals surface area (Å²) < 4.78 is 8.60. The second kappa shape index (κ2) is 4.74. The molecule has 0 bridgehead atoms. The van der Waals surface area contributed by atoms with Crippen LogP contribution in [0.3, 0.4) is 0 Å². The summed E-state index contributed by atoms with van der Waals surface area (Å²) in [5.74, 6) is 1.60. The molecule has 1 atom stereocenters. The van der Waals surface area contributed by atoms with Gasteiger partial charge in [0.15, 0.2) is 5.65 Å². The number of pyridine rings is 1. The van der Waals surface area contributed by atoms with Crippen molar-refractivity contribution in [2.24, 2.45) is 5.92 Å². The van der Waals surface area contributed by atoms with Crippen molar-refractivity contribution in [3.8, 4) is 0 Å². The zero-order valence-electron chi connectivity index (χ0n) is 9.47. The Labute approximate surface area is 108 Å². The van der Waals surface area contributed by atoms with Crippen LogP contribution in [-0.2, 0) is 11.2 Å². The molecule has 0 radical (unpaired) electrons. The molecule has 0 aromatic carbocycles. The summed E-state index contributed by atoms with van der Waals surface area (Å²) in [4.78, 5) is 0. The number of hydrogen-bond acceptors (Lipinski definition) is 3. The first-order chi connectivity index (χ1) is 8.33. The van der Waals surface area contributed by atoms with E-state index in [1.807, 2.05) is 18.3 Å². The summed E-state index contributed by atoms with van der Waals surface area (Å²) in [6.45, 7) is 1.76. The lowest BCUT2D eigenvalue weighted by Crippen LogP contribution is -2.20. The molecule has 2 aromatic heterocycles. The van der Waals surface area contributed by atoms with Crippen molar-refractivity contribution in [1.29, 1.82) is 0 Å².